The third-order valence-electron chi connectivity index (χ3n) is 7.26. The summed E-state index contributed by atoms with van der Waals surface area (Å²) in [6, 6.07) is 0.455. The zero-order chi connectivity index (χ0) is 23.4. The van der Waals surface area contributed by atoms with Crippen LogP contribution in [0, 0.1) is 5.82 Å². The lowest BCUT2D eigenvalue weighted by Gasteiger charge is -2.42. The first-order chi connectivity index (χ1) is 16.5. The van der Waals surface area contributed by atoms with Gasteiger partial charge in [0, 0.05) is 30.7 Å². The smallest absolute Gasteiger partial charge is 0.376 e. The van der Waals surface area contributed by atoms with Crippen LogP contribution in [0.25, 0.3) is 10.9 Å². The van der Waals surface area contributed by atoms with E-state index in [9.17, 15) is 5.02 Å². The molecule has 6 rings (SSSR count). The number of ether oxygens (including phenoxy) is 4. The van der Waals surface area contributed by atoms with Crippen LogP contribution in [0.2, 0.25) is 6.82 Å². The van der Waals surface area contributed by atoms with E-state index < -0.39 is 12.9 Å². The van der Waals surface area contributed by atoms with Crippen molar-refractivity contribution in [3.8, 4) is 6.01 Å². The number of rotatable bonds is 5. The molecule has 1 N–H and O–H groups in total. The SMILES string of the molecule is CB(O)N1CC2CCC(C1)N2c1nc(OC[C@H]2COCCO2)nc2c(F)c(Br)c3c(c12)COC3. The van der Waals surface area contributed by atoms with Gasteiger partial charge in [0.1, 0.15) is 24.0 Å². The fourth-order valence-electron chi connectivity index (χ4n) is 5.59. The molecular weight excluding hydrogens is 510 g/mol. The highest BCUT2D eigenvalue weighted by atomic mass is 79.9. The molecular formula is C22H27BBrFN4O5. The molecule has 3 fully saturated rings. The van der Waals surface area contributed by atoms with E-state index in [-0.39, 0.29) is 36.3 Å². The van der Waals surface area contributed by atoms with Crippen LogP contribution in [-0.2, 0) is 27.4 Å². The van der Waals surface area contributed by atoms with Crippen LogP contribution in [-0.4, -0.2) is 84.6 Å². The Hall–Kier alpha value is -1.57. The molecule has 34 heavy (non-hydrogen) atoms. The van der Waals surface area contributed by atoms with E-state index in [2.05, 4.69) is 30.6 Å². The van der Waals surface area contributed by atoms with Crippen molar-refractivity contribution in [3.63, 3.8) is 0 Å². The van der Waals surface area contributed by atoms with Gasteiger partial charge < -0.3 is 33.7 Å². The van der Waals surface area contributed by atoms with Crippen LogP contribution in [0.1, 0.15) is 24.0 Å². The molecule has 2 aromatic rings. The Morgan fingerprint density at radius 3 is 2.62 bits per heavy atom. The highest BCUT2D eigenvalue weighted by Crippen LogP contribution is 2.44. The van der Waals surface area contributed by atoms with Crippen molar-refractivity contribution in [2.24, 2.45) is 0 Å². The number of benzene rings is 1. The van der Waals surface area contributed by atoms with Crippen molar-refractivity contribution in [1.82, 2.24) is 14.8 Å². The van der Waals surface area contributed by atoms with Gasteiger partial charge in [-0.25, -0.2) is 4.39 Å². The number of anilines is 1. The van der Waals surface area contributed by atoms with Crippen LogP contribution in [0.4, 0.5) is 10.2 Å². The predicted octanol–water partition coefficient (Wildman–Crippen LogP) is 2.12. The second-order valence-electron chi connectivity index (χ2n) is 9.39. The first-order valence-corrected chi connectivity index (χ1v) is 12.6. The molecule has 0 spiro atoms. The van der Waals surface area contributed by atoms with Crippen LogP contribution < -0.4 is 9.64 Å². The average Bonchev–Trinajstić information content (AvgIpc) is 3.43. The van der Waals surface area contributed by atoms with Gasteiger partial charge in [-0.15, -0.1) is 0 Å². The van der Waals surface area contributed by atoms with Crippen molar-refractivity contribution >= 4 is 39.7 Å². The number of fused-ring (bicyclic) bond motifs is 5. The summed E-state index contributed by atoms with van der Waals surface area (Å²) in [4.78, 5) is 13.7. The lowest BCUT2D eigenvalue weighted by Crippen LogP contribution is -2.57. The molecule has 0 aliphatic carbocycles. The molecule has 2 bridgehead atoms. The standard InChI is InChI=1S/C22H27BBrFN4O5/c1-23(30)28-6-12-2-3-13(7-28)29(12)21-17-15-10-32-11-16(15)18(24)19(25)20(17)26-22(27-21)34-9-14-8-31-4-5-33-14/h12-14,30H,2-11H2,1H3/t12?,13?,14-/m1/s1. The number of halogens is 2. The molecule has 0 radical (unpaired) electrons. The summed E-state index contributed by atoms with van der Waals surface area (Å²) in [7, 11) is -0.505. The number of hydrogen-bond acceptors (Lipinski definition) is 9. The first kappa shape index (κ1) is 22.9. The average molecular weight is 537 g/mol. The van der Waals surface area contributed by atoms with Gasteiger partial charge >= 0.3 is 13.1 Å². The Labute approximate surface area is 205 Å². The second kappa shape index (κ2) is 9.14. The lowest BCUT2D eigenvalue weighted by atomic mass is 9.83. The van der Waals surface area contributed by atoms with Crippen LogP contribution in [0.5, 0.6) is 6.01 Å². The highest BCUT2D eigenvalue weighted by molar-refractivity contribution is 9.10. The van der Waals surface area contributed by atoms with Gasteiger partial charge in [0.15, 0.2) is 5.82 Å². The maximum atomic E-state index is 15.6. The number of aromatic nitrogens is 2. The predicted molar refractivity (Wildman–Crippen MR) is 126 cm³/mol. The minimum Gasteiger partial charge on any atom is -0.461 e. The van der Waals surface area contributed by atoms with Crippen molar-refractivity contribution < 1.29 is 28.4 Å². The van der Waals surface area contributed by atoms with Gasteiger partial charge in [-0.2, -0.15) is 9.97 Å². The van der Waals surface area contributed by atoms with Gasteiger partial charge in [0.2, 0.25) is 0 Å². The maximum Gasteiger partial charge on any atom is 0.376 e. The van der Waals surface area contributed by atoms with Crippen molar-refractivity contribution in [1.29, 1.82) is 0 Å². The molecule has 2 unspecified atom stereocenters. The molecule has 182 valence electrons. The zero-order valence-electron chi connectivity index (χ0n) is 19.0. The summed E-state index contributed by atoms with van der Waals surface area (Å²) in [5, 5.41) is 10.9. The normalized spacial score (nSPS) is 26.8. The van der Waals surface area contributed by atoms with Gasteiger partial charge in [-0.3, -0.25) is 0 Å². The molecule has 3 saturated heterocycles. The second-order valence-corrected chi connectivity index (χ2v) is 10.2. The Morgan fingerprint density at radius 1 is 1.15 bits per heavy atom. The number of piperazine rings is 1. The van der Waals surface area contributed by atoms with Gasteiger partial charge in [-0.1, -0.05) is 0 Å². The third-order valence-corrected chi connectivity index (χ3v) is 8.09. The monoisotopic (exact) mass is 536 g/mol. The fraction of sp³-hybridized carbons (Fsp3) is 0.636. The van der Waals surface area contributed by atoms with Gasteiger partial charge in [0.25, 0.3) is 0 Å². The van der Waals surface area contributed by atoms with Crippen molar-refractivity contribution in [2.45, 2.75) is 51.1 Å². The molecule has 0 saturated carbocycles. The molecule has 1 aromatic heterocycles. The summed E-state index contributed by atoms with van der Waals surface area (Å²) < 4.78 is 38.7. The van der Waals surface area contributed by atoms with E-state index in [1.807, 2.05) is 0 Å². The van der Waals surface area contributed by atoms with Crippen molar-refractivity contribution in [3.05, 3.63) is 21.4 Å². The van der Waals surface area contributed by atoms with Crippen LogP contribution >= 0.6 is 15.9 Å². The Morgan fingerprint density at radius 2 is 1.91 bits per heavy atom. The molecule has 5 heterocycles. The molecule has 4 aliphatic heterocycles. The topological polar surface area (TPSA) is 89.4 Å². The fourth-order valence-corrected chi connectivity index (χ4v) is 6.13. The van der Waals surface area contributed by atoms with Gasteiger partial charge in [-0.05, 0) is 41.2 Å². The summed E-state index contributed by atoms with van der Waals surface area (Å²) in [6.07, 6.45) is 1.76. The van der Waals surface area contributed by atoms with E-state index in [0.717, 1.165) is 37.1 Å². The maximum absolute atomic E-state index is 15.6. The number of hydrogen-bond donors (Lipinski definition) is 1. The zero-order valence-corrected chi connectivity index (χ0v) is 20.6. The summed E-state index contributed by atoms with van der Waals surface area (Å²) in [6.45, 7) is 5.74. The highest BCUT2D eigenvalue weighted by Gasteiger charge is 2.44. The van der Waals surface area contributed by atoms with Crippen LogP contribution in [0.3, 0.4) is 0 Å². The van der Waals surface area contributed by atoms with Crippen LogP contribution in [0.15, 0.2) is 4.47 Å². The minimum absolute atomic E-state index is 0.124. The van der Waals surface area contributed by atoms with Gasteiger partial charge in [0.05, 0.1) is 42.9 Å². The third kappa shape index (κ3) is 3.88. The summed E-state index contributed by atoms with van der Waals surface area (Å²) in [5.41, 5.74) is 1.96. The summed E-state index contributed by atoms with van der Waals surface area (Å²) >= 11 is 3.42. The van der Waals surface area contributed by atoms with Crippen molar-refractivity contribution in [2.75, 3.05) is 44.4 Å². The van der Waals surface area contributed by atoms with E-state index in [1.165, 1.54) is 0 Å². The van der Waals surface area contributed by atoms with E-state index in [4.69, 9.17) is 23.9 Å². The molecule has 12 heteroatoms. The molecule has 3 atom stereocenters. The Balaban J connectivity index is 1.44. The molecule has 0 amide bonds. The van der Waals surface area contributed by atoms with E-state index in [1.54, 1.807) is 6.82 Å². The lowest BCUT2D eigenvalue weighted by molar-refractivity contribution is -0.102. The Kier molecular flexibility index (Phi) is 6.15. The molecule has 9 nitrogen and oxygen atoms in total. The van der Waals surface area contributed by atoms with E-state index >= 15 is 4.39 Å². The molecule has 4 aliphatic rings. The molecule has 1 aromatic carbocycles. The number of nitrogens with zero attached hydrogens (tertiary/aromatic N) is 4. The quantitative estimate of drug-likeness (QED) is 0.577. The largest absolute Gasteiger partial charge is 0.461 e. The Bertz CT molecular complexity index is 1090. The first-order valence-electron chi connectivity index (χ1n) is 11.8. The minimum atomic E-state index is -0.505. The van der Waals surface area contributed by atoms with E-state index in [0.29, 0.717) is 48.7 Å². The summed E-state index contributed by atoms with van der Waals surface area (Å²) in [5.74, 6) is 0.256.